The molecule has 1 fully saturated rings. The van der Waals surface area contributed by atoms with E-state index in [1.807, 2.05) is 20.8 Å². The van der Waals surface area contributed by atoms with Crippen LogP contribution < -0.4 is 0 Å². The molecule has 0 saturated carbocycles. The Morgan fingerprint density at radius 1 is 1.36 bits per heavy atom. The summed E-state index contributed by atoms with van der Waals surface area (Å²) in [7, 11) is 0. The highest BCUT2D eigenvalue weighted by Crippen LogP contribution is 2.26. The minimum absolute atomic E-state index is 0.00188. The van der Waals surface area contributed by atoms with Crippen LogP contribution >= 0.6 is 0 Å². The number of ether oxygens (including phenoxy) is 1. The third-order valence-electron chi connectivity index (χ3n) is 2.71. The number of carbonyl (C=O) groups is 1. The quantitative estimate of drug-likeness (QED) is 0.732. The van der Waals surface area contributed by atoms with Crippen molar-refractivity contribution in [3.05, 3.63) is 0 Å². The van der Waals surface area contributed by atoms with Crippen molar-refractivity contribution in [2.24, 2.45) is 11.3 Å². The average Bonchev–Trinajstić information content (AvgIpc) is 2.15. The normalized spacial score (nSPS) is 22.0. The van der Waals surface area contributed by atoms with Crippen LogP contribution in [-0.4, -0.2) is 30.2 Å². The zero-order valence-corrected chi connectivity index (χ0v) is 9.25. The molecular formula is C11H20O3. The van der Waals surface area contributed by atoms with Crippen LogP contribution in [-0.2, 0) is 9.53 Å². The van der Waals surface area contributed by atoms with Gasteiger partial charge < -0.3 is 9.84 Å². The summed E-state index contributed by atoms with van der Waals surface area (Å²) in [6.07, 6.45) is 0.670. The predicted molar refractivity (Wildman–Crippen MR) is 54.0 cm³/mol. The summed E-state index contributed by atoms with van der Waals surface area (Å²) in [6, 6.07) is 0. The maximum absolute atomic E-state index is 11.8. The summed E-state index contributed by atoms with van der Waals surface area (Å²) < 4.78 is 5.18. The van der Waals surface area contributed by atoms with Gasteiger partial charge in [-0.25, -0.2) is 0 Å². The maximum Gasteiger partial charge on any atom is 0.165 e. The van der Waals surface area contributed by atoms with Gasteiger partial charge in [0.05, 0.1) is 0 Å². The Bertz CT molecular complexity index is 199. The van der Waals surface area contributed by atoms with Crippen molar-refractivity contribution in [1.29, 1.82) is 0 Å². The summed E-state index contributed by atoms with van der Waals surface area (Å²) in [5.74, 6) is -0.0150. The number of Topliss-reactive ketones (excluding diaryl/α,β-unsaturated/α-hetero) is 1. The molecular weight excluding hydrogens is 180 g/mol. The lowest BCUT2D eigenvalue weighted by atomic mass is 9.80. The molecule has 0 aromatic carbocycles. The molecule has 0 aliphatic carbocycles. The summed E-state index contributed by atoms with van der Waals surface area (Å²) in [4.78, 5) is 11.8. The van der Waals surface area contributed by atoms with Crippen molar-refractivity contribution >= 4 is 5.78 Å². The Balaban J connectivity index is 2.55. The molecule has 1 aliphatic heterocycles. The lowest BCUT2D eigenvalue weighted by Crippen LogP contribution is -2.40. The second-order valence-corrected chi connectivity index (χ2v) is 5.06. The van der Waals surface area contributed by atoms with E-state index in [0.717, 1.165) is 12.8 Å². The van der Waals surface area contributed by atoms with Gasteiger partial charge >= 0.3 is 0 Å². The Hall–Kier alpha value is -0.410. The van der Waals surface area contributed by atoms with E-state index in [4.69, 9.17) is 4.74 Å². The van der Waals surface area contributed by atoms with E-state index in [-0.39, 0.29) is 17.1 Å². The fourth-order valence-corrected chi connectivity index (χ4v) is 1.63. The highest BCUT2D eigenvalue weighted by Gasteiger charge is 2.34. The largest absolute Gasteiger partial charge is 0.385 e. The van der Waals surface area contributed by atoms with Crippen molar-refractivity contribution in [2.75, 3.05) is 13.2 Å². The molecule has 0 bridgehead atoms. The van der Waals surface area contributed by atoms with E-state index in [9.17, 15) is 9.90 Å². The Labute approximate surface area is 85.5 Å². The molecule has 1 saturated heterocycles. The third-order valence-corrected chi connectivity index (χ3v) is 2.71. The van der Waals surface area contributed by atoms with Crippen LogP contribution in [0.1, 0.15) is 33.6 Å². The molecule has 1 unspecified atom stereocenters. The van der Waals surface area contributed by atoms with Crippen LogP contribution in [0.5, 0.6) is 0 Å². The van der Waals surface area contributed by atoms with E-state index in [2.05, 4.69) is 0 Å². The minimum Gasteiger partial charge on any atom is -0.385 e. The molecule has 3 nitrogen and oxygen atoms in total. The van der Waals surface area contributed by atoms with Gasteiger partial charge in [-0.05, 0) is 18.3 Å². The summed E-state index contributed by atoms with van der Waals surface area (Å²) >= 11 is 0. The molecule has 1 aliphatic rings. The van der Waals surface area contributed by atoms with Gasteiger partial charge in [0.2, 0.25) is 0 Å². The molecule has 0 aromatic heterocycles. The molecule has 1 heterocycles. The summed E-state index contributed by atoms with van der Waals surface area (Å²) in [5.41, 5.74) is -0.352. The molecule has 82 valence electrons. The average molecular weight is 200 g/mol. The number of rotatable bonds is 2. The molecule has 0 aromatic rings. The number of aliphatic hydroxyl groups is 1. The van der Waals surface area contributed by atoms with Crippen LogP contribution in [0.4, 0.5) is 0 Å². The molecule has 1 N–H and O–H groups in total. The zero-order chi connectivity index (χ0) is 10.8. The van der Waals surface area contributed by atoms with Crippen LogP contribution in [0.2, 0.25) is 0 Å². The first-order chi connectivity index (χ1) is 6.43. The monoisotopic (exact) mass is 200 g/mol. The van der Waals surface area contributed by atoms with Gasteiger partial charge in [0.1, 0.15) is 6.10 Å². The van der Waals surface area contributed by atoms with Crippen molar-refractivity contribution < 1.29 is 14.6 Å². The lowest BCUT2D eigenvalue weighted by Gasteiger charge is -2.29. The molecule has 1 atom stereocenters. The molecule has 0 radical (unpaired) electrons. The Morgan fingerprint density at radius 3 is 2.29 bits per heavy atom. The van der Waals surface area contributed by atoms with Gasteiger partial charge in [-0.15, -0.1) is 0 Å². The standard InChI is InChI=1S/C11H20O3/c1-11(2,3)10(13)9(12)8-4-6-14-7-5-8/h8,10,13H,4-7H2,1-3H3. The fraction of sp³-hybridized carbons (Fsp3) is 0.909. The fourth-order valence-electron chi connectivity index (χ4n) is 1.63. The number of ketones is 1. The van der Waals surface area contributed by atoms with Crippen molar-refractivity contribution in [1.82, 2.24) is 0 Å². The van der Waals surface area contributed by atoms with Crippen molar-refractivity contribution in [3.8, 4) is 0 Å². The molecule has 0 spiro atoms. The smallest absolute Gasteiger partial charge is 0.165 e. The van der Waals surface area contributed by atoms with E-state index in [1.165, 1.54) is 0 Å². The first-order valence-corrected chi connectivity index (χ1v) is 5.22. The van der Waals surface area contributed by atoms with Crippen LogP contribution in [0.3, 0.4) is 0 Å². The Kier molecular flexibility index (Phi) is 3.67. The van der Waals surface area contributed by atoms with Gasteiger partial charge in [-0.1, -0.05) is 20.8 Å². The SMILES string of the molecule is CC(C)(C)C(O)C(=O)C1CCOCC1. The molecule has 14 heavy (non-hydrogen) atoms. The topological polar surface area (TPSA) is 46.5 Å². The second-order valence-electron chi connectivity index (χ2n) is 5.06. The zero-order valence-electron chi connectivity index (χ0n) is 9.25. The highest BCUT2D eigenvalue weighted by molar-refractivity contribution is 5.85. The molecule has 1 rings (SSSR count). The van der Waals surface area contributed by atoms with Crippen LogP contribution in [0, 0.1) is 11.3 Å². The predicted octanol–water partition coefficient (Wildman–Crippen LogP) is 1.39. The Morgan fingerprint density at radius 2 is 1.86 bits per heavy atom. The van der Waals surface area contributed by atoms with Crippen LogP contribution in [0.15, 0.2) is 0 Å². The van der Waals surface area contributed by atoms with Gasteiger partial charge in [-0.3, -0.25) is 4.79 Å². The summed E-state index contributed by atoms with van der Waals surface area (Å²) in [5, 5.41) is 9.82. The van der Waals surface area contributed by atoms with E-state index in [1.54, 1.807) is 0 Å². The first-order valence-electron chi connectivity index (χ1n) is 5.22. The molecule has 0 amide bonds. The minimum atomic E-state index is -0.842. The summed E-state index contributed by atoms with van der Waals surface area (Å²) in [6.45, 7) is 6.94. The van der Waals surface area contributed by atoms with Gasteiger partial charge in [-0.2, -0.15) is 0 Å². The number of aliphatic hydroxyl groups excluding tert-OH is 1. The van der Waals surface area contributed by atoms with Crippen molar-refractivity contribution in [3.63, 3.8) is 0 Å². The van der Waals surface area contributed by atoms with E-state index in [0.29, 0.717) is 13.2 Å². The highest BCUT2D eigenvalue weighted by atomic mass is 16.5. The van der Waals surface area contributed by atoms with Gasteiger partial charge in [0.15, 0.2) is 5.78 Å². The van der Waals surface area contributed by atoms with Gasteiger partial charge in [0.25, 0.3) is 0 Å². The first kappa shape index (κ1) is 11.7. The van der Waals surface area contributed by atoms with Crippen LogP contribution in [0.25, 0.3) is 0 Å². The maximum atomic E-state index is 11.8. The number of carbonyl (C=O) groups excluding carboxylic acids is 1. The number of hydrogen-bond donors (Lipinski definition) is 1. The lowest BCUT2D eigenvalue weighted by molar-refractivity contribution is -0.139. The second kappa shape index (κ2) is 4.41. The molecule has 3 heteroatoms. The van der Waals surface area contributed by atoms with E-state index >= 15 is 0 Å². The van der Waals surface area contributed by atoms with Gasteiger partial charge in [0, 0.05) is 19.1 Å². The number of hydrogen-bond acceptors (Lipinski definition) is 3. The van der Waals surface area contributed by atoms with E-state index < -0.39 is 6.10 Å². The van der Waals surface area contributed by atoms with Crippen molar-refractivity contribution in [2.45, 2.75) is 39.7 Å². The third kappa shape index (κ3) is 2.79.